The number of carbonyl (C=O) groups excluding carboxylic acids is 2. The Balaban J connectivity index is 1.61. The van der Waals surface area contributed by atoms with E-state index in [1.807, 2.05) is 59.2 Å². The molecule has 3 N–H and O–H groups in total. The monoisotopic (exact) mass is 494 g/mol. The first-order chi connectivity index (χ1) is 16.6. The van der Waals surface area contributed by atoms with Gasteiger partial charge in [0.25, 0.3) is 0 Å². The Morgan fingerprint density at radius 3 is 2.11 bits per heavy atom. The lowest BCUT2D eigenvalue weighted by molar-refractivity contribution is -0.182. The normalized spacial score (nSPS) is 14.4. The van der Waals surface area contributed by atoms with Crippen LogP contribution < -0.4 is 10.6 Å². The molecule has 0 heterocycles. The van der Waals surface area contributed by atoms with E-state index >= 15 is 0 Å². The quantitative estimate of drug-likeness (QED) is 0.467. The third-order valence-electron chi connectivity index (χ3n) is 5.73. The van der Waals surface area contributed by atoms with Gasteiger partial charge in [0.2, 0.25) is 5.91 Å². The van der Waals surface area contributed by atoms with Gasteiger partial charge in [-0.3, -0.25) is 4.79 Å². The number of fused-ring (bicyclic) bond motifs is 3. The standard InChI is InChI=1S/C24H25F3N2O6/c1-34-11-10-20(22(31)32)29-21(30)19(24(25,26)27)12-28-23(33)35-13-18-16-8-4-2-6-14(16)15-7-3-5-9-17(15)18/h2-9,18-20H,10-13H2,1H3,(H,28,33)(H,29,30)(H,31,32). The number of carboxylic acids is 1. The van der Waals surface area contributed by atoms with Crippen LogP contribution in [0, 0.1) is 5.92 Å². The molecule has 0 aromatic heterocycles. The number of amides is 2. The van der Waals surface area contributed by atoms with Crippen molar-refractivity contribution < 1.29 is 42.1 Å². The van der Waals surface area contributed by atoms with Crippen LogP contribution in [0.15, 0.2) is 48.5 Å². The Bertz CT molecular complexity index is 1030. The van der Waals surface area contributed by atoms with Crippen molar-refractivity contribution in [2.24, 2.45) is 5.92 Å². The number of hydrogen-bond donors (Lipinski definition) is 3. The van der Waals surface area contributed by atoms with Gasteiger partial charge in [0.1, 0.15) is 12.6 Å². The summed E-state index contributed by atoms with van der Waals surface area (Å²) in [5, 5.41) is 12.9. The van der Waals surface area contributed by atoms with Gasteiger partial charge in [0.05, 0.1) is 0 Å². The van der Waals surface area contributed by atoms with Gasteiger partial charge in [0, 0.05) is 32.6 Å². The minimum absolute atomic E-state index is 0.0774. The third-order valence-corrected chi connectivity index (χ3v) is 5.73. The maximum atomic E-state index is 13.5. The smallest absolute Gasteiger partial charge is 0.407 e. The molecule has 1 aliphatic rings. The first-order valence-corrected chi connectivity index (χ1v) is 10.8. The molecule has 0 spiro atoms. The minimum atomic E-state index is -5.02. The van der Waals surface area contributed by atoms with Crippen molar-refractivity contribution in [1.29, 1.82) is 0 Å². The summed E-state index contributed by atoms with van der Waals surface area (Å²) in [6.07, 6.45) is -6.37. The van der Waals surface area contributed by atoms with Gasteiger partial charge >= 0.3 is 18.2 Å². The lowest BCUT2D eigenvalue weighted by atomic mass is 9.98. The fourth-order valence-corrected chi connectivity index (χ4v) is 3.96. The maximum Gasteiger partial charge on any atom is 0.407 e. The molecule has 2 aromatic carbocycles. The molecule has 2 unspecified atom stereocenters. The molecule has 0 aliphatic heterocycles. The summed E-state index contributed by atoms with van der Waals surface area (Å²) >= 11 is 0. The number of nitrogens with one attached hydrogen (secondary N) is 2. The number of hydrogen-bond acceptors (Lipinski definition) is 5. The van der Waals surface area contributed by atoms with E-state index in [-0.39, 0.29) is 25.6 Å². The lowest BCUT2D eigenvalue weighted by Gasteiger charge is -2.22. The van der Waals surface area contributed by atoms with Crippen LogP contribution in [0.4, 0.5) is 18.0 Å². The van der Waals surface area contributed by atoms with E-state index in [0.29, 0.717) is 0 Å². The highest BCUT2D eigenvalue weighted by atomic mass is 19.4. The summed E-state index contributed by atoms with van der Waals surface area (Å²) < 4.78 is 50.3. The molecule has 0 saturated heterocycles. The topological polar surface area (TPSA) is 114 Å². The summed E-state index contributed by atoms with van der Waals surface area (Å²) in [5.74, 6) is -6.01. The zero-order chi connectivity index (χ0) is 25.6. The number of alkyl halides is 3. The van der Waals surface area contributed by atoms with Crippen LogP contribution in [0.2, 0.25) is 0 Å². The van der Waals surface area contributed by atoms with Crippen LogP contribution in [-0.2, 0) is 19.1 Å². The van der Waals surface area contributed by atoms with Crippen molar-refractivity contribution in [1.82, 2.24) is 10.6 Å². The lowest BCUT2D eigenvalue weighted by Crippen LogP contribution is -2.51. The van der Waals surface area contributed by atoms with Crippen molar-refractivity contribution in [3.8, 4) is 11.1 Å². The average Bonchev–Trinajstić information content (AvgIpc) is 3.13. The second kappa shape index (κ2) is 11.2. The molecular formula is C24H25F3N2O6. The summed E-state index contributed by atoms with van der Waals surface area (Å²) in [7, 11) is 1.29. The zero-order valence-corrected chi connectivity index (χ0v) is 18.8. The molecule has 8 nitrogen and oxygen atoms in total. The van der Waals surface area contributed by atoms with Crippen LogP contribution in [0.3, 0.4) is 0 Å². The number of methoxy groups -OCH3 is 1. The Labute approximate surface area is 199 Å². The number of aliphatic carboxylic acids is 1. The third kappa shape index (κ3) is 6.30. The molecule has 0 fully saturated rings. The Morgan fingerprint density at radius 1 is 1.03 bits per heavy atom. The van der Waals surface area contributed by atoms with Crippen molar-refractivity contribution >= 4 is 18.0 Å². The van der Waals surface area contributed by atoms with E-state index in [1.54, 1.807) is 0 Å². The molecule has 1 aliphatic carbocycles. The van der Waals surface area contributed by atoms with Crippen LogP contribution in [0.25, 0.3) is 11.1 Å². The molecule has 2 aromatic rings. The molecule has 0 bridgehead atoms. The Hall–Kier alpha value is -3.60. The SMILES string of the molecule is COCCC(NC(=O)C(CNC(=O)OCC1c2ccccc2-c2ccccc21)C(F)(F)F)C(=O)O. The van der Waals surface area contributed by atoms with Crippen LogP contribution in [0.5, 0.6) is 0 Å². The van der Waals surface area contributed by atoms with Gasteiger partial charge in [-0.2, -0.15) is 13.2 Å². The zero-order valence-electron chi connectivity index (χ0n) is 18.8. The first-order valence-electron chi connectivity index (χ1n) is 10.8. The van der Waals surface area contributed by atoms with Crippen molar-refractivity contribution in [2.45, 2.75) is 24.6 Å². The summed E-state index contributed by atoms with van der Waals surface area (Å²) in [5.41, 5.74) is 3.86. The number of carboxylic acid groups (broad SMARTS) is 1. The van der Waals surface area contributed by atoms with Crippen LogP contribution in [0.1, 0.15) is 23.5 Å². The van der Waals surface area contributed by atoms with Gasteiger partial charge in [-0.1, -0.05) is 48.5 Å². The summed E-state index contributed by atoms with van der Waals surface area (Å²) in [6.45, 7) is -1.30. The number of rotatable bonds is 10. The number of alkyl carbamates (subject to hydrolysis) is 1. The van der Waals surface area contributed by atoms with Gasteiger partial charge in [-0.05, 0) is 22.3 Å². The van der Waals surface area contributed by atoms with E-state index in [9.17, 15) is 27.6 Å². The van der Waals surface area contributed by atoms with Crippen molar-refractivity contribution in [3.63, 3.8) is 0 Å². The fraction of sp³-hybridized carbons (Fsp3) is 0.375. The van der Waals surface area contributed by atoms with E-state index in [1.165, 1.54) is 7.11 Å². The molecule has 0 radical (unpaired) electrons. The number of carbonyl (C=O) groups is 3. The van der Waals surface area contributed by atoms with Crippen LogP contribution >= 0.6 is 0 Å². The minimum Gasteiger partial charge on any atom is -0.480 e. The van der Waals surface area contributed by atoms with Crippen molar-refractivity contribution in [3.05, 3.63) is 59.7 Å². The van der Waals surface area contributed by atoms with E-state index < -0.39 is 42.7 Å². The molecule has 11 heteroatoms. The molecule has 0 saturated carbocycles. The average molecular weight is 494 g/mol. The molecule has 2 atom stereocenters. The fourth-order valence-electron chi connectivity index (χ4n) is 3.96. The predicted molar refractivity (Wildman–Crippen MR) is 119 cm³/mol. The molecule has 2 amide bonds. The Morgan fingerprint density at radius 2 is 1.60 bits per heavy atom. The Kier molecular flexibility index (Phi) is 8.34. The van der Waals surface area contributed by atoms with E-state index in [0.717, 1.165) is 22.3 Å². The molecule has 3 rings (SSSR count). The highest BCUT2D eigenvalue weighted by Gasteiger charge is 2.46. The largest absolute Gasteiger partial charge is 0.480 e. The molecule has 188 valence electrons. The maximum absolute atomic E-state index is 13.5. The molecular weight excluding hydrogens is 469 g/mol. The highest BCUT2D eigenvalue weighted by Crippen LogP contribution is 2.44. The van der Waals surface area contributed by atoms with Gasteiger partial charge in [0.15, 0.2) is 5.92 Å². The second-order valence-corrected chi connectivity index (χ2v) is 7.98. The van der Waals surface area contributed by atoms with Crippen LogP contribution in [-0.4, -0.2) is 62.2 Å². The second-order valence-electron chi connectivity index (χ2n) is 7.98. The summed E-state index contributed by atoms with van der Waals surface area (Å²) in [6, 6.07) is 13.6. The predicted octanol–water partition coefficient (Wildman–Crippen LogP) is 3.31. The van der Waals surface area contributed by atoms with E-state index in [2.05, 4.69) is 0 Å². The number of halogens is 3. The van der Waals surface area contributed by atoms with E-state index in [4.69, 9.17) is 14.6 Å². The number of ether oxygens (including phenoxy) is 2. The number of benzene rings is 2. The first kappa shape index (κ1) is 26.0. The van der Waals surface area contributed by atoms with Gasteiger partial charge in [-0.15, -0.1) is 0 Å². The molecule has 35 heavy (non-hydrogen) atoms. The van der Waals surface area contributed by atoms with Gasteiger partial charge in [-0.25, -0.2) is 9.59 Å². The highest BCUT2D eigenvalue weighted by molar-refractivity contribution is 5.86. The van der Waals surface area contributed by atoms with Crippen molar-refractivity contribution in [2.75, 3.05) is 26.9 Å². The summed E-state index contributed by atoms with van der Waals surface area (Å²) in [4.78, 5) is 35.6. The van der Waals surface area contributed by atoms with Gasteiger partial charge < -0.3 is 25.2 Å².